The fourth-order valence-corrected chi connectivity index (χ4v) is 5.36. The molecular formula is C26H27ClF2N3O2. The van der Waals surface area contributed by atoms with Crippen LogP contribution in [-0.4, -0.2) is 53.2 Å². The molecule has 0 spiro atoms. The molecule has 1 aromatic heterocycles. The van der Waals surface area contributed by atoms with Crippen LogP contribution in [0.1, 0.15) is 32.1 Å². The second-order valence-electron chi connectivity index (χ2n) is 9.24. The molecule has 5 nitrogen and oxygen atoms in total. The number of benzene rings is 2. The second kappa shape index (κ2) is 9.19. The van der Waals surface area contributed by atoms with Crippen molar-refractivity contribution < 1.29 is 18.6 Å². The number of nitrogens with zero attached hydrogens (tertiary/aromatic N) is 2. The van der Waals surface area contributed by atoms with Crippen LogP contribution in [0.3, 0.4) is 0 Å². The molecule has 3 aromatic rings. The number of aromatic nitrogens is 1. The summed E-state index contributed by atoms with van der Waals surface area (Å²) in [6.07, 6.45) is 5.32. The zero-order valence-corrected chi connectivity index (χ0v) is 19.7. The highest BCUT2D eigenvalue weighted by atomic mass is 35.5. The first kappa shape index (κ1) is 23.1. The molecule has 1 saturated carbocycles. The number of ether oxygens (including phenoxy) is 1. The van der Waals surface area contributed by atoms with Gasteiger partial charge in [-0.3, -0.25) is 9.88 Å². The summed E-state index contributed by atoms with van der Waals surface area (Å²) >= 11 is 6.19. The lowest BCUT2D eigenvalue weighted by Gasteiger charge is -2.35. The number of likely N-dealkylation sites (tertiary alicyclic amines) is 1. The molecule has 2 heterocycles. The fraction of sp³-hybridized carbons (Fsp3) is 0.423. The van der Waals surface area contributed by atoms with E-state index < -0.39 is 5.92 Å². The van der Waals surface area contributed by atoms with Crippen LogP contribution in [0, 0.1) is 6.07 Å². The molecular weight excluding hydrogens is 460 g/mol. The van der Waals surface area contributed by atoms with Crippen LogP contribution in [0.2, 0.25) is 5.02 Å². The van der Waals surface area contributed by atoms with Crippen LogP contribution >= 0.6 is 11.6 Å². The fourth-order valence-electron chi connectivity index (χ4n) is 5.15. The van der Waals surface area contributed by atoms with Gasteiger partial charge in [0.1, 0.15) is 0 Å². The van der Waals surface area contributed by atoms with Crippen molar-refractivity contribution in [1.82, 2.24) is 9.88 Å². The van der Waals surface area contributed by atoms with E-state index in [0.717, 1.165) is 53.4 Å². The predicted molar refractivity (Wildman–Crippen MR) is 130 cm³/mol. The molecule has 0 amide bonds. The number of alkyl halides is 2. The molecule has 179 valence electrons. The molecule has 1 saturated heterocycles. The van der Waals surface area contributed by atoms with E-state index in [2.05, 4.69) is 16.4 Å². The molecule has 0 unspecified atom stereocenters. The molecule has 34 heavy (non-hydrogen) atoms. The first-order valence-corrected chi connectivity index (χ1v) is 12.0. The van der Waals surface area contributed by atoms with Crippen LogP contribution in [0.5, 0.6) is 11.5 Å². The Kier molecular flexibility index (Phi) is 6.25. The summed E-state index contributed by atoms with van der Waals surface area (Å²) in [4.78, 5) is 6.41. The Bertz CT molecular complexity index is 1200. The maximum absolute atomic E-state index is 13.6. The third-order valence-electron chi connectivity index (χ3n) is 7.02. The highest BCUT2D eigenvalue weighted by Crippen LogP contribution is 2.39. The number of hydrogen-bond acceptors (Lipinski definition) is 5. The van der Waals surface area contributed by atoms with Gasteiger partial charge in [0.05, 0.1) is 29.9 Å². The summed E-state index contributed by atoms with van der Waals surface area (Å²) in [6.45, 7) is 0.390. The number of phenols is 1. The highest BCUT2D eigenvalue weighted by Gasteiger charge is 2.41. The van der Waals surface area contributed by atoms with E-state index in [0.29, 0.717) is 12.3 Å². The smallest absolute Gasteiger partial charge is 0.261 e. The van der Waals surface area contributed by atoms with Crippen LogP contribution < -0.4 is 10.1 Å². The molecule has 1 radical (unpaired) electrons. The summed E-state index contributed by atoms with van der Waals surface area (Å²) < 4.78 is 32.5. The lowest BCUT2D eigenvalue weighted by molar-refractivity contribution is 0.00535. The van der Waals surface area contributed by atoms with Crippen molar-refractivity contribution in [3.63, 3.8) is 0 Å². The van der Waals surface area contributed by atoms with Crippen LogP contribution in [0.15, 0.2) is 36.5 Å². The number of aromatic hydroxyl groups is 1. The lowest BCUT2D eigenvalue weighted by atomic mass is 9.90. The van der Waals surface area contributed by atoms with Crippen molar-refractivity contribution in [3.8, 4) is 22.6 Å². The van der Waals surface area contributed by atoms with E-state index in [1.165, 1.54) is 7.11 Å². The second-order valence-corrected chi connectivity index (χ2v) is 9.65. The van der Waals surface area contributed by atoms with Gasteiger partial charge in [-0.05, 0) is 61.1 Å². The minimum absolute atomic E-state index is 0.0242. The molecule has 8 heteroatoms. The quantitative estimate of drug-likeness (QED) is 0.454. The van der Waals surface area contributed by atoms with Crippen LogP contribution in [-0.2, 0) is 0 Å². The Morgan fingerprint density at radius 2 is 1.97 bits per heavy atom. The summed E-state index contributed by atoms with van der Waals surface area (Å²) in [6, 6.07) is 13.1. The number of anilines is 1. The minimum Gasteiger partial charge on any atom is -0.503 e. The van der Waals surface area contributed by atoms with E-state index in [-0.39, 0.29) is 35.8 Å². The summed E-state index contributed by atoms with van der Waals surface area (Å²) in [5, 5.41) is 14.8. The third kappa shape index (κ3) is 4.64. The summed E-state index contributed by atoms with van der Waals surface area (Å²) in [5.41, 5.74) is 3.45. The summed E-state index contributed by atoms with van der Waals surface area (Å²) in [7, 11) is 1.49. The van der Waals surface area contributed by atoms with Gasteiger partial charge < -0.3 is 15.2 Å². The topological polar surface area (TPSA) is 57.6 Å². The zero-order valence-electron chi connectivity index (χ0n) is 19.0. The Hall–Kier alpha value is -2.64. The monoisotopic (exact) mass is 486 g/mol. The highest BCUT2D eigenvalue weighted by molar-refractivity contribution is 6.32. The number of fused-ring (bicyclic) bond motifs is 1. The Morgan fingerprint density at radius 1 is 1.18 bits per heavy atom. The van der Waals surface area contributed by atoms with Gasteiger partial charge in [0.15, 0.2) is 11.5 Å². The van der Waals surface area contributed by atoms with Gasteiger partial charge in [-0.2, -0.15) is 0 Å². The predicted octanol–water partition coefficient (Wildman–Crippen LogP) is 6.13. The number of phenolic OH excluding ortho intramolecular Hbond substituents is 1. The van der Waals surface area contributed by atoms with Crippen molar-refractivity contribution in [1.29, 1.82) is 0 Å². The number of rotatable bonds is 5. The molecule has 0 atom stereocenters. The van der Waals surface area contributed by atoms with Gasteiger partial charge in [-0.1, -0.05) is 17.7 Å². The van der Waals surface area contributed by atoms with Crippen molar-refractivity contribution in [2.75, 3.05) is 25.5 Å². The van der Waals surface area contributed by atoms with Gasteiger partial charge in [-0.25, -0.2) is 8.78 Å². The molecule has 2 aromatic carbocycles. The van der Waals surface area contributed by atoms with E-state index in [1.807, 2.05) is 23.1 Å². The SMILES string of the molecule is COc1cc(-c2ccc3nc[c]c(NC4CCC(N5CCC(F)(F)C5)CC4)c3c2)cc(Cl)c1O. The molecule has 2 N–H and O–H groups in total. The average molecular weight is 487 g/mol. The van der Waals surface area contributed by atoms with Crippen molar-refractivity contribution >= 4 is 28.2 Å². The van der Waals surface area contributed by atoms with Crippen molar-refractivity contribution in [2.45, 2.75) is 50.1 Å². The first-order chi connectivity index (χ1) is 16.3. The normalized spacial score (nSPS) is 22.7. The van der Waals surface area contributed by atoms with E-state index in [4.69, 9.17) is 16.3 Å². The average Bonchev–Trinajstić information content (AvgIpc) is 3.20. The largest absolute Gasteiger partial charge is 0.503 e. The van der Waals surface area contributed by atoms with Gasteiger partial charge in [0.2, 0.25) is 0 Å². The van der Waals surface area contributed by atoms with Gasteiger partial charge >= 0.3 is 0 Å². The number of nitrogens with one attached hydrogen (secondary N) is 1. The maximum atomic E-state index is 13.6. The molecule has 1 aliphatic heterocycles. The summed E-state index contributed by atoms with van der Waals surface area (Å²) in [5.74, 6) is -2.31. The van der Waals surface area contributed by atoms with Gasteiger partial charge in [-0.15, -0.1) is 0 Å². The van der Waals surface area contributed by atoms with Gasteiger partial charge in [0.25, 0.3) is 5.92 Å². The number of hydrogen-bond donors (Lipinski definition) is 2. The number of halogens is 3. The lowest BCUT2D eigenvalue weighted by Crippen LogP contribution is -2.40. The molecule has 2 fully saturated rings. The molecule has 2 aliphatic rings. The van der Waals surface area contributed by atoms with Crippen LogP contribution in [0.25, 0.3) is 22.0 Å². The zero-order chi connectivity index (χ0) is 23.9. The molecule has 1 aliphatic carbocycles. The first-order valence-electron chi connectivity index (χ1n) is 11.6. The van der Waals surface area contributed by atoms with Gasteiger partial charge in [0, 0.05) is 42.7 Å². The van der Waals surface area contributed by atoms with Crippen molar-refractivity contribution in [3.05, 3.63) is 47.6 Å². The molecule has 5 rings (SSSR count). The van der Waals surface area contributed by atoms with E-state index in [9.17, 15) is 13.9 Å². The minimum atomic E-state index is -2.54. The molecule has 0 bridgehead atoms. The Morgan fingerprint density at radius 3 is 2.68 bits per heavy atom. The van der Waals surface area contributed by atoms with Crippen molar-refractivity contribution in [2.24, 2.45) is 0 Å². The number of pyridine rings is 1. The third-order valence-corrected chi connectivity index (χ3v) is 7.31. The Balaban J connectivity index is 1.34. The van der Waals surface area contributed by atoms with Crippen LogP contribution in [0.4, 0.5) is 14.5 Å². The van der Waals surface area contributed by atoms with E-state index in [1.54, 1.807) is 18.3 Å². The standard InChI is InChI=1S/C26H27ClF2N3O2/c1-34-24-14-17(13-21(27)25(24)33)16-2-7-22-20(12-16)23(8-10-30-22)31-18-3-5-19(6-4-18)32-11-9-26(28,29)15-32/h2,7,10,12-14,18-19,33H,3-6,9,11,15H2,1H3,(H,30,31). The Labute approximate surface area is 202 Å². The maximum Gasteiger partial charge on any atom is 0.261 e. The number of methoxy groups -OCH3 is 1. The van der Waals surface area contributed by atoms with E-state index >= 15 is 0 Å².